The van der Waals surface area contributed by atoms with E-state index in [9.17, 15) is 19.4 Å². The molecule has 29 heavy (non-hydrogen) atoms. The molecule has 1 aliphatic carbocycles. The summed E-state index contributed by atoms with van der Waals surface area (Å²) in [4.78, 5) is 23.8. The van der Waals surface area contributed by atoms with Crippen LogP contribution < -0.4 is 10.6 Å². The maximum absolute atomic E-state index is 12.8. The molecule has 1 aliphatic rings. The molecule has 0 fully saturated rings. The van der Waals surface area contributed by atoms with E-state index in [2.05, 4.69) is 10.6 Å². The van der Waals surface area contributed by atoms with Gasteiger partial charge >= 0.3 is 13.9 Å². The lowest BCUT2D eigenvalue weighted by Gasteiger charge is -2.37. The summed E-state index contributed by atoms with van der Waals surface area (Å²) >= 11 is 0. The Hall–Kier alpha value is -1.92. The molecule has 3 atom stereocenters. The first-order chi connectivity index (χ1) is 13.4. The zero-order chi connectivity index (χ0) is 22.3. The minimum atomic E-state index is -4.02. The number of ether oxygens (including phenoxy) is 1. The minimum absolute atomic E-state index is 0.0522. The SMILES string of the molecule is CCOP(=O)(OCC)O[C@@]1(C#N)C=C[C@H](NC(C)=O)[C@@H](NC(=O)OC(C)(C)C)C1. The number of carbonyl (C=O) groups excluding carboxylic acids is 2. The molecule has 2 amide bonds. The predicted molar refractivity (Wildman–Crippen MR) is 105 cm³/mol. The molecule has 0 radical (unpaired) electrons. The average molecular weight is 431 g/mol. The van der Waals surface area contributed by atoms with Crippen LogP contribution >= 0.6 is 7.82 Å². The maximum Gasteiger partial charge on any atom is 0.476 e. The van der Waals surface area contributed by atoms with Crippen molar-refractivity contribution in [3.63, 3.8) is 0 Å². The highest BCUT2D eigenvalue weighted by atomic mass is 31.2. The summed E-state index contributed by atoms with van der Waals surface area (Å²) in [6.07, 6.45) is 2.04. The summed E-state index contributed by atoms with van der Waals surface area (Å²) < 4.78 is 33.8. The van der Waals surface area contributed by atoms with Gasteiger partial charge in [-0.2, -0.15) is 5.26 Å². The minimum Gasteiger partial charge on any atom is -0.444 e. The molecule has 0 heterocycles. The van der Waals surface area contributed by atoms with Crippen LogP contribution in [0.4, 0.5) is 4.79 Å². The third-order valence-electron chi connectivity index (χ3n) is 3.64. The Kier molecular flexibility index (Phi) is 8.84. The summed E-state index contributed by atoms with van der Waals surface area (Å²) in [7, 11) is -4.02. The van der Waals surface area contributed by atoms with Crippen LogP contribution in [0, 0.1) is 11.3 Å². The van der Waals surface area contributed by atoms with Crippen LogP contribution in [0.25, 0.3) is 0 Å². The van der Waals surface area contributed by atoms with E-state index < -0.39 is 37.2 Å². The van der Waals surface area contributed by atoms with Crippen molar-refractivity contribution in [2.75, 3.05) is 13.2 Å². The van der Waals surface area contributed by atoms with Crippen molar-refractivity contribution in [3.05, 3.63) is 12.2 Å². The Morgan fingerprint density at radius 2 is 1.83 bits per heavy atom. The molecule has 0 aromatic carbocycles. The van der Waals surface area contributed by atoms with Crippen molar-refractivity contribution in [2.24, 2.45) is 0 Å². The van der Waals surface area contributed by atoms with E-state index >= 15 is 0 Å². The number of amides is 2. The van der Waals surface area contributed by atoms with E-state index in [0.29, 0.717) is 0 Å². The molecule has 0 saturated heterocycles. The van der Waals surface area contributed by atoms with Crippen molar-refractivity contribution < 1.29 is 32.5 Å². The van der Waals surface area contributed by atoms with Gasteiger partial charge in [0.2, 0.25) is 5.91 Å². The normalized spacial score (nSPS) is 24.4. The van der Waals surface area contributed by atoms with Crippen LogP contribution in [0.15, 0.2) is 12.2 Å². The van der Waals surface area contributed by atoms with Crippen molar-refractivity contribution >= 4 is 19.8 Å². The average Bonchev–Trinajstić information content (AvgIpc) is 2.55. The standard InChI is InChI=1S/C18H30N3O7P/c1-7-25-29(24,26-8-2)28-18(12-19)10-9-14(20-13(3)22)15(11-18)21-16(23)27-17(4,5)6/h9-10,14-15H,7-8,11H2,1-6H3,(H,20,22)(H,21,23)/t14-,15-,18-/m0/s1. The van der Waals surface area contributed by atoms with Crippen molar-refractivity contribution in [2.45, 2.75) is 71.2 Å². The summed E-state index contributed by atoms with van der Waals surface area (Å²) in [6, 6.07) is 0.579. The third kappa shape index (κ3) is 8.15. The van der Waals surface area contributed by atoms with E-state index in [0.717, 1.165) is 0 Å². The number of phosphoric acid groups is 1. The van der Waals surface area contributed by atoms with Crippen molar-refractivity contribution in [3.8, 4) is 6.07 Å². The fraction of sp³-hybridized carbons (Fsp3) is 0.722. The molecule has 2 N–H and O–H groups in total. The molecule has 164 valence electrons. The second-order valence-electron chi connectivity index (χ2n) is 7.42. The molecular formula is C18H30N3O7P. The number of nitrogens with zero attached hydrogens (tertiary/aromatic N) is 1. The number of hydrogen-bond acceptors (Lipinski definition) is 8. The van der Waals surface area contributed by atoms with Gasteiger partial charge in [-0.05, 0) is 40.7 Å². The number of phosphoric ester groups is 1. The predicted octanol–water partition coefficient (Wildman–Crippen LogP) is 2.80. The van der Waals surface area contributed by atoms with Gasteiger partial charge in [-0.1, -0.05) is 6.08 Å². The number of carbonyl (C=O) groups is 2. The Bertz CT molecular complexity index is 703. The summed E-state index contributed by atoms with van der Waals surface area (Å²) in [6.45, 7) is 9.80. The van der Waals surface area contributed by atoms with Crippen LogP contribution in [0.5, 0.6) is 0 Å². The Morgan fingerprint density at radius 3 is 2.28 bits per heavy atom. The molecule has 0 bridgehead atoms. The van der Waals surface area contributed by atoms with Gasteiger partial charge in [0.1, 0.15) is 11.7 Å². The monoisotopic (exact) mass is 431 g/mol. The molecular weight excluding hydrogens is 401 g/mol. The highest BCUT2D eigenvalue weighted by Gasteiger charge is 2.46. The Balaban J connectivity index is 3.15. The lowest BCUT2D eigenvalue weighted by Crippen LogP contribution is -2.56. The van der Waals surface area contributed by atoms with Gasteiger partial charge in [0.25, 0.3) is 0 Å². The van der Waals surface area contributed by atoms with Gasteiger partial charge in [0.05, 0.1) is 25.3 Å². The molecule has 0 unspecified atom stereocenters. The van der Waals surface area contributed by atoms with E-state index in [1.165, 1.54) is 19.1 Å². The quantitative estimate of drug-likeness (QED) is 0.442. The molecule has 10 nitrogen and oxygen atoms in total. The number of nitriles is 1. The van der Waals surface area contributed by atoms with E-state index in [1.807, 2.05) is 6.07 Å². The number of hydrogen-bond donors (Lipinski definition) is 2. The van der Waals surface area contributed by atoms with Gasteiger partial charge in [-0.25, -0.2) is 9.36 Å². The van der Waals surface area contributed by atoms with Crippen molar-refractivity contribution in [1.29, 1.82) is 5.26 Å². The van der Waals surface area contributed by atoms with E-state index in [1.54, 1.807) is 34.6 Å². The molecule has 0 saturated carbocycles. The first-order valence-corrected chi connectivity index (χ1v) is 10.8. The lowest BCUT2D eigenvalue weighted by molar-refractivity contribution is -0.119. The highest BCUT2D eigenvalue weighted by molar-refractivity contribution is 7.48. The van der Waals surface area contributed by atoms with E-state index in [4.69, 9.17) is 18.3 Å². The summed E-state index contributed by atoms with van der Waals surface area (Å²) in [5, 5.41) is 15.1. The van der Waals surface area contributed by atoms with Crippen LogP contribution in [-0.2, 0) is 27.7 Å². The van der Waals surface area contributed by atoms with Gasteiger partial charge in [-0.15, -0.1) is 0 Å². The smallest absolute Gasteiger partial charge is 0.444 e. The largest absolute Gasteiger partial charge is 0.476 e. The molecule has 0 spiro atoms. The number of nitrogens with one attached hydrogen (secondary N) is 2. The summed E-state index contributed by atoms with van der Waals surface area (Å²) in [5.41, 5.74) is -2.44. The molecule has 0 aromatic rings. The Morgan fingerprint density at radius 1 is 1.24 bits per heavy atom. The van der Waals surface area contributed by atoms with Crippen LogP contribution in [0.2, 0.25) is 0 Å². The maximum atomic E-state index is 12.8. The molecule has 0 aliphatic heterocycles. The fourth-order valence-corrected chi connectivity index (χ4v) is 4.06. The topological polar surface area (TPSA) is 136 Å². The number of alkyl carbamates (subject to hydrolysis) is 1. The van der Waals surface area contributed by atoms with E-state index in [-0.39, 0.29) is 25.5 Å². The Labute approximate surface area is 171 Å². The number of rotatable bonds is 8. The second-order valence-corrected chi connectivity index (χ2v) is 9.01. The second kappa shape index (κ2) is 10.2. The highest BCUT2D eigenvalue weighted by Crippen LogP contribution is 2.54. The fourth-order valence-electron chi connectivity index (χ4n) is 2.67. The zero-order valence-electron chi connectivity index (χ0n) is 17.7. The third-order valence-corrected chi connectivity index (χ3v) is 5.34. The molecule has 1 rings (SSSR count). The first-order valence-electron chi connectivity index (χ1n) is 9.34. The molecule has 11 heteroatoms. The van der Waals surface area contributed by atoms with Gasteiger partial charge in [0.15, 0.2) is 5.60 Å². The van der Waals surface area contributed by atoms with Crippen LogP contribution in [0.1, 0.15) is 48.0 Å². The molecule has 0 aromatic heterocycles. The van der Waals surface area contributed by atoms with Crippen LogP contribution in [0.3, 0.4) is 0 Å². The zero-order valence-corrected chi connectivity index (χ0v) is 18.6. The van der Waals surface area contributed by atoms with Crippen LogP contribution in [-0.4, -0.2) is 48.5 Å². The van der Waals surface area contributed by atoms with Gasteiger partial charge in [0, 0.05) is 13.3 Å². The van der Waals surface area contributed by atoms with Crippen molar-refractivity contribution in [1.82, 2.24) is 10.6 Å². The first kappa shape index (κ1) is 25.1. The van der Waals surface area contributed by atoms with Gasteiger partial charge in [-0.3, -0.25) is 18.4 Å². The van der Waals surface area contributed by atoms with Gasteiger partial charge < -0.3 is 15.4 Å². The lowest BCUT2D eigenvalue weighted by atomic mass is 9.85. The summed E-state index contributed by atoms with van der Waals surface area (Å²) in [5.74, 6) is -0.324.